The van der Waals surface area contributed by atoms with E-state index in [0.717, 1.165) is 43.0 Å². The first kappa shape index (κ1) is 18.9. The van der Waals surface area contributed by atoms with E-state index in [0.29, 0.717) is 23.4 Å². The summed E-state index contributed by atoms with van der Waals surface area (Å²) in [7, 11) is 1.02. The highest BCUT2D eigenvalue weighted by molar-refractivity contribution is 7.85. The average molecular weight is 354 g/mol. The number of nitrogens with one attached hydrogen (secondary N) is 2. The van der Waals surface area contributed by atoms with E-state index >= 15 is 0 Å². The van der Waals surface area contributed by atoms with Crippen molar-refractivity contribution in [2.75, 3.05) is 12.8 Å². The molecule has 4 nitrogen and oxygen atoms in total. The van der Waals surface area contributed by atoms with Crippen LogP contribution < -0.4 is 10.6 Å². The van der Waals surface area contributed by atoms with Gasteiger partial charge in [0.2, 0.25) is 0 Å². The summed E-state index contributed by atoms with van der Waals surface area (Å²) in [4.78, 5) is 4.27. The van der Waals surface area contributed by atoms with Crippen LogP contribution in [-0.2, 0) is 17.3 Å². The van der Waals surface area contributed by atoms with Crippen molar-refractivity contribution in [3.8, 4) is 0 Å². The molecule has 1 aromatic rings. The van der Waals surface area contributed by atoms with E-state index in [1.165, 1.54) is 6.07 Å². The Hall–Kier alpha value is -1.43. The van der Waals surface area contributed by atoms with Crippen molar-refractivity contribution in [2.24, 2.45) is 4.99 Å². The fraction of sp³-hybridized carbons (Fsp3) is 0.611. The maximum Gasteiger partial charge on any atom is 0.191 e. The van der Waals surface area contributed by atoms with Gasteiger partial charge in [-0.1, -0.05) is 25.5 Å². The third kappa shape index (κ3) is 5.30. The first-order chi connectivity index (χ1) is 11.5. The molecule has 2 rings (SSSR count). The topological polar surface area (TPSA) is 53.5 Å². The molecule has 1 aromatic carbocycles. The Morgan fingerprint density at radius 1 is 1.42 bits per heavy atom. The van der Waals surface area contributed by atoms with E-state index in [-0.39, 0.29) is 5.82 Å². The van der Waals surface area contributed by atoms with Gasteiger partial charge in [-0.25, -0.2) is 4.39 Å². The van der Waals surface area contributed by atoms with Crippen LogP contribution in [-0.4, -0.2) is 34.3 Å². The molecular formula is C18H28FN3OS. The number of benzene rings is 1. The van der Waals surface area contributed by atoms with Crippen LogP contribution in [0.2, 0.25) is 0 Å². The minimum absolute atomic E-state index is 0.182. The molecule has 134 valence electrons. The number of guanidine groups is 1. The Bertz CT molecular complexity index is 606. The van der Waals surface area contributed by atoms with Crippen LogP contribution in [0.1, 0.15) is 43.7 Å². The Balaban J connectivity index is 1.87. The summed E-state index contributed by atoms with van der Waals surface area (Å²) < 4.78 is 25.4. The van der Waals surface area contributed by atoms with Gasteiger partial charge >= 0.3 is 0 Å². The molecule has 24 heavy (non-hydrogen) atoms. The van der Waals surface area contributed by atoms with Crippen molar-refractivity contribution in [3.63, 3.8) is 0 Å². The van der Waals surface area contributed by atoms with Crippen molar-refractivity contribution < 1.29 is 8.60 Å². The highest BCUT2D eigenvalue weighted by Crippen LogP contribution is 2.23. The fourth-order valence-corrected chi connectivity index (χ4v) is 4.49. The number of aliphatic imine (C=N–C) groups is 1. The predicted octanol–water partition coefficient (Wildman–Crippen LogP) is 2.88. The second-order valence-electron chi connectivity index (χ2n) is 6.31. The van der Waals surface area contributed by atoms with Gasteiger partial charge in [-0.3, -0.25) is 9.20 Å². The van der Waals surface area contributed by atoms with E-state index < -0.39 is 10.8 Å². The van der Waals surface area contributed by atoms with Crippen molar-refractivity contribution in [3.05, 3.63) is 35.1 Å². The lowest BCUT2D eigenvalue weighted by Crippen LogP contribution is -2.46. The van der Waals surface area contributed by atoms with E-state index in [1.54, 1.807) is 20.0 Å². The third-order valence-corrected chi connectivity index (χ3v) is 6.27. The Kier molecular flexibility index (Phi) is 7.21. The lowest BCUT2D eigenvalue weighted by atomic mass is 9.95. The summed E-state index contributed by atoms with van der Waals surface area (Å²) >= 11 is 0. The van der Waals surface area contributed by atoms with Crippen LogP contribution in [0.3, 0.4) is 0 Å². The highest BCUT2D eigenvalue weighted by atomic mass is 32.2. The summed E-state index contributed by atoms with van der Waals surface area (Å²) in [6.07, 6.45) is 4.16. The predicted molar refractivity (Wildman–Crippen MR) is 99.2 cm³/mol. The number of halogens is 1. The summed E-state index contributed by atoms with van der Waals surface area (Å²) in [5.41, 5.74) is 1.67. The van der Waals surface area contributed by atoms with Gasteiger partial charge in [0.1, 0.15) is 5.82 Å². The van der Waals surface area contributed by atoms with E-state index in [2.05, 4.69) is 15.6 Å². The van der Waals surface area contributed by atoms with E-state index in [4.69, 9.17) is 0 Å². The molecule has 0 radical (unpaired) electrons. The van der Waals surface area contributed by atoms with Crippen molar-refractivity contribution in [1.82, 2.24) is 10.6 Å². The maximum atomic E-state index is 13.3. The monoisotopic (exact) mass is 353 g/mol. The van der Waals surface area contributed by atoms with Crippen LogP contribution in [0.25, 0.3) is 0 Å². The largest absolute Gasteiger partial charge is 0.354 e. The van der Waals surface area contributed by atoms with Crippen molar-refractivity contribution in [1.29, 1.82) is 0 Å². The zero-order valence-electron chi connectivity index (χ0n) is 14.8. The molecule has 0 saturated heterocycles. The summed E-state index contributed by atoms with van der Waals surface area (Å²) in [6.45, 7) is 4.35. The molecule has 0 aliphatic heterocycles. The fourth-order valence-electron chi connectivity index (χ4n) is 3.14. The molecule has 1 aliphatic carbocycles. The number of hydrogen-bond acceptors (Lipinski definition) is 2. The molecule has 0 bridgehead atoms. The summed E-state index contributed by atoms with van der Waals surface area (Å²) in [6, 6.07) is 5.43. The molecule has 6 heteroatoms. The van der Waals surface area contributed by atoms with Gasteiger partial charge in [-0.05, 0) is 43.4 Å². The van der Waals surface area contributed by atoms with Gasteiger partial charge in [-0.15, -0.1) is 0 Å². The second-order valence-corrected chi connectivity index (χ2v) is 8.31. The molecule has 1 aliphatic rings. The molecule has 1 saturated carbocycles. The standard InChI is InChI=1S/C18H28FN3OS/c1-4-24(23)16-7-5-6-15(11-16)22-18(20-3)21-12-14-8-9-17(19)13(2)10-14/h8-10,15-16H,4-7,11-12H2,1-3H3,(H2,20,21,22). The van der Waals surface area contributed by atoms with Crippen LogP contribution in [0.15, 0.2) is 23.2 Å². The van der Waals surface area contributed by atoms with Gasteiger partial charge in [-0.2, -0.15) is 0 Å². The molecule has 0 aromatic heterocycles. The first-order valence-corrected chi connectivity index (χ1v) is 10.0. The zero-order chi connectivity index (χ0) is 17.5. The number of aryl methyl sites for hydroxylation is 1. The lowest BCUT2D eigenvalue weighted by molar-refractivity contribution is 0.413. The van der Waals surface area contributed by atoms with E-state index in [1.807, 2.05) is 13.0 Å². The average Bonchev–Trinajstić information content (AvgIpc) is 2.61. The second kappa shape index (κ2) is 9.16. The normalized spacial score (nSPS) is 22.9. The maximum absolute atomic E-state index is 13.3. The number of rotatable bonds is 5. The smallest absolute Gasteiger partial charge is 0.191 e. The van der Waals surface area contributed by atoms with Crippen molar-refractivity contribution >= 4 is 16.8 Å². The minimum Gasteiger partial charge on any atom is -0.354 e. The van der Waals surface area contributed by atoms with Gasteiger partial charge in [0.05, 0.1) is 0 Å². The lowest BCUT2D eigenvalue weighted by Gasteiger charge is -2.30. The van der Waals surface area contributed by atoms with Crippen LogP contribution in [0, 0.1) is 12.7 Å². The Morgan fingerprint density at radius 3 is 2.88 bits per heavy atom. The van der Waals surface area contributed by atoms with Gasteiger partial charge in [0, 0.05) is 41.4 Å². The van der Waals surface area contributed by atoms with Gasteiger partial charge < -0.3 is 10.6 Å². The SMILES string of the molecule is CCS(=O)C1CCCC(NC(=NC)NCc2ccc(F)c(C)c2)C1. The van der Waals surface area contributed by atoms with E-state index in [9.17, 15) is 8.60 Å². The molecular weight excluding hydrogens is 325 g/mol. The molecule has 0 amide bonds. The Labute approximate surface area is 146 Å². The van der Waals surface area contributed by atoms with Crippen LogP contribution >= 0.6 is 0 Å². The molecule has 1 fully saturated rings. The molecule has 3 unspecified atom stereocenters. The number of hydrogen-bond donors (Lipinski definition) is 2. The summed E-state index contributed by atoms with van der Waals surface area (Å²) in [5.74, 6) is 1.29. The third-order valence-electron chi connectivity index (χ3n) is 4.53. The number of nitrogens with zero attached hydrogens (tertiary/aromatic N) is 1. The Morgan fingerprint density at radius 2 is 2.21 bits per heavy atom. The summed E-state index contributed by atoms with van der Waals surface area (Å²) in [5, 5.41) is 7.01. The highest BCUT2D eigenvalue weighted by Gasteiger charge is 2.25. The molecule has 0 heterocycles. The first-order valence-electron chi connectivity index (χ1n) is 8.62. The molecule has 3 atom stereocenters. The van der Waals surface area contributed by atoms with Crippen LogP contribution in [0.5, 0.6) is 0 Å². The zero-order valence-corrected chi connectivity index (χ0v) is 15.6. The van der Waals surface area contributed by atoms with Gasteiger partial charge in [0.15, 0.2) is 5.96 Å². The minimum atomic E-state index is -0.725. The van der Waals surface area contributed by atoms with Gasteiger partial charge in [0.25, 0.3) is 0 Å². The quantitative estimate of drug-likeness (QED) is 0.632. The van der Waals surface area contributed by atoms with Crippen LogP contribution in [0.4, 0.5) is 4.39 Å². The molecule has 2 N–H and O–H groups in total. The van der Waals surface area contributed by atoms with Crippen molar-refractivity contribution in [2.45, 2.75) is 57.4 Å². The molecule has 0 spiro atoms.